The first-order chi connectivity index (χ1) is 9.20. The van der Waals surface area contributed by atoms with Crippen molar-refractivity contribution in [3.8, 4) is 0 Å². The first kappa shape index (κ1) is 13.3. The highest BCUT2D eigenvalue weighted by molar-refractivity contribution is 5.93. The minimum atomic E-state index is -0.0723. The quantitative estimate of drug-likeness (QED) is 0.795. The summed E-state index contributed by atoms with van der Waals surface area (Å²) in [5, 5.41) is 11.2. The maximum Gasteiger partial charge on any atom is 0.254 e. The third-order valence-corrected chi connectivity index (χ3v) is 2.98. The lowest BCUT2D eigenvalue weighted by atomic mass is 10.3. The van der Waals surface area contributed by atoms with Crippen LogP contribution in [0, 0.1) is 6.92 Å². The second-order valence-corrected chi connectivity index (χ2v) is 4.39. The normalized spacial score (nSPS) is 10.6. The van der Waals surface area contributed by atoms with Crippen LogP contribution in [-0.2, 0) is 13.1 Å². The van der Waals surface area contributed by atoms with Crippen LogP contribution in [0.15, 0.2) is 24.7 Å². The molecule has 0 aliphatic heterocycles. The second-order valence-electron chi connectivity index (χ2n) is 4.39. The Balaban J connectivity index is 1.73. The van der Waals surface area contributed by atoms with Crippen LogP contribution in [0.3, 0.4) is 0 Å². The van der Waals surface area contributed by atoms with Gasteiger partial charge in [0.25, 0.3) is 5.91 Å². The Morgan fingerprint density at radius 2 is 2.26 bits per heavy atom. The molecule has 0 fully saturated rings. The van der Waals surface area contributed by atoms with Crippen LogP contribution in [0.2, 0.25) is 0 Å². The molecule has 6 heteroatoms. The van der Waals surface area contributed by atoms with E-state index in [1.54, 1.807) is 23.3 Å². The van der Waals surface area contributed by atoms with Gasteiger partial charge in [-0.2, -0.15) is 10.2 Å². The Hall–Kier alpha value is -2.11. The molecule has 0 atom stereocenters. The molecule has 2 aromatic heterocycles. The van der Waals surface area contributed by atoms with Gasteiger partial charge in [-0.05, 0) is 26.3 Å². The summed E-state index contributed by atoms with van der Waals surface area (Å²) in [6, 6.07) is 1.97. The fourth-order valence-electron chi connectivity index (χ4n) is 1.82. The van der Waals surface area contributed by atoms with E-state index in [1.807, 2.05) is 24.6 Å². The average molecular weight is 261 g/mol. The largest absolute Gasteiger partial charge is 0.352 e. The molecular weight excluding hydrogens is 242 g/mol. The highest BCUT2D eigenvalue weighted by Crippen LogP contribution is 1.99. The van der Waals surface area contributed by atoms with Crippen molar-refractivity contribution in [2.24, 2.45) is 0 Å². The van der Waals surface area contributed by atoms with Gasteiger partial charge in [0.2, 0.25) is 0 Å². The van der Waals surface area contributed by atoms with Gasteiger partial charge in [-0.15, -0.1) is 0 Å². The number of aromatic nitrogens is 4. The molecule has 6 nitrogen and oxygen atoms in total. The molecular formula is C13H19N5O. The summed E-state index contributed by atoms with van der Waals surface area (Å²) in [6.45, 7) is 6.22. The zero-order valence-corrected chi connectivity index (χ0v) is 11.3. The molecule has 0 saturated carbocycles. The molecule has 0 aliphatic carbocycles. The minimum Gasteiger partial charge on any atom is -0.352 e. The zero-order chi connectivity index (χ0) is 13.7. The Labute approximate surface area is 112 Å². The molecule has 0 saturated heterocycles. The van der Waals surface area contributed by atoms with Crippen LogP contribution >= 0.6 is 0 Å². The van der Waals surface area contributed by atoms with Crippen molar-refractivity contribution < 1.29 is 4.79 Å². The Kier molecular flexibility index (Phi) is 4.33. The van der Waals surface area contributed by atoms with Crippen LogP contribution in [0.5, 0.6) is 0 Å². The van der Waals surface area contributed by atoms with Gasteiger partial charge >= 0.3 is 0 Å². The predicted octanol–water partition coefficient (Wildman–Crippen LogP) is 1.23. The summed E-state index contributed by atoms with van der Waals surface area (Å²) in [4.78, 5) is 11.8. The van der Waals surface area contributed by atoms with Gasteiger partial charge in [0, 0.05) is 37.7 Å². The van der Waals surface area contributed by atoms with Crippen LogP contribution in [0.4, 0.5) is 0 Å². The number of nitrogens with zero attached hydrogens (tertiary/aromatic N) is 4. The van der Waals surface area contributed by atoms with Crippen LogP contribution in [0.25, 0.3) is 0 Å². The molecule has 1 N–H and O–H groups in total. The first-order valence-electron chi connectivity index (χ1n) is 6.49. The van der Waals surface area contributed by atoms with E-state index in [-0.39, 0.29) is 5.91 Å². The van der Waals surface area contributed by atoms with Gasteiger partial charge in [-0.1, -0.05) is 0 Å². The summed E-state index contributed by atoms with van der Waals surface area (Å²) >= 11 is 0. The predicted molar refractivity (Wildman–Crippen MR) is 71.8 cm³/mol. The number of carbonyl (C=O) groups is 1. The molecule has 0 spiro atoms. The summed E-state index contributed by atoms with van der Waals surface area (Å²) in [6.07, 6.45) is 5.99. The van der Waals surface area contributed by atoms with Gasteiger partial charge < -0.3 is 5.32 Å². The van der Waals surface area contributed by atoms with E-state index in [1.165, 1.54) is 0 Å². The summed E-state index contributed by atoms with van der Waals surface area (Å²) in [5.74, 6) is -0.0723. The minimum absolute atomic E-state index is 0.0723. The van der Waals surface area contributed by atoms with Crippen molar-refractivity contribution in [1.29, 1.82) is 0 Å². The zero-order valence-electron chi connectivity index (χ0n) is 11.3. The molecule has 19 heavy (non-hydrogen) atoms. The molecule has 102 valence electrons. The van der Waals surface area contributed by atoms with Crippen molar-refractivity contribution in [3.05, 3.63) is 35.9 Å². The van der Waals surface area contributed by atoms with Crippen molar-refractivity contribution >= 4 is 5.91 Å². The Morgan fingerprint density at radius 1 is 1.42 bits per heavy atom. The van der Waals surface area contributed by atoms with Crippen molar-refractivity contribution in [2.75, 3.05) is 6.54 Å². The molecule has 0 radical (unpaired) electrons. The van der Waals surface area contributed by atoms with Crippen molar-refractivity contribution in [2.45, 2.75) is 33.4 Å². The number of hydrogen-bond donors (Lipinski definition) is 1. The maximum absolute atomic E-state index is 11.8. The molecule has 0 aromatic carbocycles. The topological polar surface area (TPSA) is 64.7 Å². The van der Waals surface area contributed by atoms with Crippen molar-refractivity contribution in [3.63, 3.8) is 0 Å². The third-order valence-electron chi connectivity index (χ3n) is 2.98. The molecule has 1 amide bonds. The Morgan fingerprint density at radius 3 is 2.89 bits per heavy atom. The lowest BCUT2D eigenvalue weighted by Gasteiger charge is -2.05. The van der Waals surface area contributed by atoms with Gasteiger partial charge in [0.15, 0.2) is 0 Å². The van der Waals surface area contributed by atoms with E-state index in [0.29, 0.717) is 12.1 Å². The molecule has 2 aromatic rings. The Bertz CT molecular complexity index is 543. The summed E-state index contributed by atoms with van der Waals surface area (Å²) < 4.78 is 3.67. The lowest BCUT2D eigenvalue weighted by molar-refractivity contribution is 0.0952. The van der Waals surface area contributed by atoms with Gasteiger partial charge in [0.1, 0.15) is 0 Å². The number of hydrogen-bond acceptors (Lipinski definition) is 3. The third kappa shape index (κ3) is 3.43. The number of nitrogens with one attached hydrogen (secondary N) is 1. The van der Waals surface area contributed by atoms with E-state index in [0.717, 1.165) is 25.2 Å². The van der Waals surface area contributed by atoms with Gasteiger partial charge in [0.05, 0.1) is 11.8 Å². The second kappa shape index (κ2) is 6.17. The number of rotatable bonds is 6. The van der Waals surface area contributed by atoms with E-state index in [9.17, 15) is 4.79 Å². The molecule has 0 aliphatic rings. The fourth-order valence-corrected chi connectivity index (χ4v) is 1.82. The van der Waals surface area contributed by atoms with Crippen LogP contribution in [-0.4, -0.2) is 32.0 Å². The highest BCUT2D eigenvalue weighted by atomic mass is 16.1. The smallest absolute Gasteiger partial charge is 0.254 e. The average Bonchev–Trinajstić information content (AvgIpc) is 3.03. The van der Waals surface area contributed by atoms with Crippen molar-refractivity contribution in [1.82, 2.24) is 24.9 Å². The van der Waals surface area contributed by atoms with Crippen LogP contribution < -0.4 is 5.32 Å². The monoisotopic (exact) mass is 261 g/mol. The first-order valence-corrected chi connectivity index (χ1v) is 6.49. The van der Waals surface area contributed by atoms with E-state index in [4.69, 9.17) is 0 Å². The lowest BCUT2D eigenvalue weighted by Crippen LogP contribution is -2.25. The summed E-state index contributed by atoms with van der Waals surface area (Å²) in [5.41, 5.74) is 1.74. The molecule has 2 rings (SSSR count). The molecule has 0 bridgehead atoms. The van der Waals surface area contributed by atoms with Gasteiger partial charge in [-0.25, -0.2) is 0 Å². The standard InChI is InChI=1S/C13H19N5O/c1-3-17-10-12(9-16-17)13(19)14-6-4-8-18-11(2)5-7-15-18/h5,7,9-10H,3-4,6,8H2,1-2H3,(H,14,19). The van der Waals surface area contributed by atoms with E-state index < -0.39 is 0 Å². The number of carbonyl (C=O) groups excluding carboxylic acids is 1. The number of amides is 1. The fraction of sp³-hybridized carbons (Fsp3) is 0.462. The van der Waals surface area contributed by atoms with E-state index >= 15 is 0 Å². The molecule has 2 heterocycles. The van der Waals surface area contributed by atoms with Gasteiger partial charge in [-0.3, -0.25) is 14.2 Å². The van der Waals surface area contributed by atoms with Crippen LogP contribution in [0.1, 0.15) is 29.4 Å². The maximum atomic E-state index is 11.8. The SMILES string of the molecule is CCn1cc(C(=O)NCCCn2nccc2C)cn1. The van der Waals surface area contributed by atoms with E-state index in [2.05, 4.69) is 15.5 Å². The summed E-state index contributed by atoms with van der Waals surface area (Å²) in [7, 11) is 0. The highest BCUT2D eigenvalue weighted by Gasteiger charge is 2.07. The molecule has 0 unspecified atom stereocenters. The number of aryl methyl sites for hydroxylation is 3.